The van der Waals surface area contributed by atoms with Gasteiger partial charge < -0.3 is 10.1 Å². The van der Waals surface area contributed by atoms with Crippen molar-refractivity contribution >= 4 is 27.3 Å². The lowest BCUT2D eigenvalue weighted by Gasteiger charge is -2.19. The number of halogens is 2. The van der Waals surface area contributed by atoms with Crippen molar-refractivity contribution in [3.8, 4) is 0 Å². The largest absolute Gasteiger partial charge is 0.383 e. The highest BCUT2D eigenvalue weighted by molar-refractivity contribution is 7.92. The van der Waals surface area contributed by atoms with Crippen molar-refractivity contribution in [2.75, 3.05) is 30.7 Å². The van der Waals surface area contributed by atoms with Gasteiger partial charge in [0.05, 0.1) is 24.1 Å². The number of rotatable bonds is 9. The molecule has 26 heavy (non-hydrogen) atoms. The van der Waals surface area contributed by atoms with Crippen LogP contribution < -0.4 is 10.0 Å². The number of hydrogen-bond acceptors (Lipinski definition) is 4. The molecule has 0 spiro atoms. The first-order valence-electron chi connectivity index (χ1n) is 8.05. The Morgan fingerprint density at radius 3 is 2.50 bits per heavy atom. The highest BCUT2D eigenvalue weighted by Gasteiger charge is 2.15. The van der Waals surface area contributed by atoms with E-state index in [1.807, 2.05) is 12.1 Å². The van der Waals surface area contributed by atoms with Crippen LogP contribution in [0.4, 0.5) is 10.1 Å². The van der Waals surface area contributed by atoms with E-state index in [1.165, 1.54) is 18.2 Å². The zero-order valence-electron chi connectivity index (χ0n) is 14.6. The molecule has 0 saturated heterocycles. The van der Waals surface area contributed by atoms with Crippen LogP contribution in [-0.2, 0) is 14.8 Å². The van der Waals surface area contributed by atoms with Crippen LogP contribution in [0.25, 0.3) is 0 Å². The summed E-state index contributed by atoms with van der Waals surface area (Å²) in [6.45, 7) is 2.21. The molecule has 142 valence electrons. The monoisotopic (exact) mass is 400 g/mol. The molecule has 1 unspecified atom stereocenters. The van der Waals surface area contributed by atoms with Gasteiger partial charge in [-0.2, -0.15) is 0 Å². The van der Waals surface area contributed by atoms with Gasteiger partial charge in [0.1, 0.15) is 5.82 Å². The molecule has 0 fully saturated rings. The fourth-order valence-corrected chi connectivity index (χ4v) is 3.49. The smallest absolute Gasteiger partial charge is 0.233 e. The maximum atomic E-state index is 13.5. The number of anilines is 1. The SMILES string of the molecule is COCC(NCCS(=O)(=O)Nc1ccc(C)c(F)c1)c1ccc(Cl)cc1. The molecule has 2 rings (SSSR count). The van der Waals surface area contributed by atoms with Crippen LogP contribution in [0.1, 0.15) is 17.2 Å². The number of aryl methyl sites for hydroxylation is 1. The van der Waals surface area contributed by atoms with E-state index >= 15 is 0 Å². The van der Waals surface area contributed by atoms with Gasteiger partial charge in [-0.05, 0) is 42.3 Å². The highest BCUT2D eigenvalue weighted by atomic mass is 35.5. The molecule has 2 aromatic rings. The maximum absolute atomic E-state index is 13.5. The predicted octanol–water partition coefficient (Wildman–Crippen LogP) is 3.51. The van der Waals surface area contributed by atoms with Gasteiger partial charge in [0.25, 0.3) is 0 Å². The first-order chi connectivity index (χ1) is 12.3. The van der Waals surface area contributed by atoms with Crippen LogP contribution in [0.15, 0.2) is 42.5 Å². The third-order valence-corrected chi connectivity index (χ3v) is 5.35. The van der Waals surface area contributed by atoms with Gasteiger partial charge in [0.15, 0.2) is 0 Å². The fourth-order valence-electron chi connectivity index (χ4n) is 2.39. The van der Waals surface area contributed by atoms with E-state index in [-0.39, 0.29) is 24.0 Å². The molecule has 0 aliphatic rings. The van der Waals surface area contributed by atoms with Crippen molar-refractivity contribution in [3.05, 3.63) is 64.4 Å². The Kier molecular flexibility index (Phi) is 7.40. The molecule has 0 radical (unpaired) electrons. The highest BCUT2D eigenvalue weighted by Crippen LogP contribution is 2.17. The second-order valence-corrected chi connectivity index (χ2v) is 8.18. The van der Waals surface area contributed by atoms with E-state index < -0.39 is 15.8 Å². The van der Waals surface area contributed by atoms with Gasteiger partial charge in [-0.15, -0.1) is 0 Å². The molecule has 0 aliphatic heterocycles. The molecular formula is C18H22ClFN2O3S. The second kappa shape index (κ2) is 9.32. The van der Waals surface area contributed by atoms with Gasteiger partial charge in [-0.25, -0.2) is 12.8 Å². The van der Waals surface area contributed by atoms with E-state index in [2.05, 4.69) is 10.0 Å². The van der Waals surface area contributed by atoms with Crippen molar-refractivity contribution in [1.82, 2.24) is 5.32 Å². The summed E-state index contributed by atoms with van der Waals surface area (Å²) in [5, 5.41) is 3.78. The van der Waals surface area contributed by atoms with Gasteiger partial charge in [0, 0.05) is 18.7 Å². The van der Waals surface area contributed by atoms with Crippen LogP contribution in [0, 0.1) is 12.7 Å². The average Bonchev–Trinajstić information content (AvgIpc) is 2.58. The number of methoxy groups -OCH3 is 1. The lowest BCUT2D eigenvalue weighted by molar-refractivity contribution is 0.168. The number of ether oxygens (including phenoxy) is 1. The Balaban J connectivity index is 1.94. The topological polar surface area (TPSA) is 67.4 Å². The Hall–Kier alpha value is -1.67. The predicted molar refractivity (Wildman–Crippen MR) is 103 cm³/mol. The fraction of sp³-hybridized carbons (Fsp3) is 0.333. The van der Waals surface area contributed by atoms with Crippen LogP contribution in [0.5, 0.6) is 0 Å². The number of sulfonamides is 1. The number of nitrogens with one attached hydrogen (secondary N) is 2. The van der Waals surface area contributed by atoms with E-state index in [4.69, 9.17) is 16.3 Å². The summed E-state index contributed by atoms with van der Waals surface area (Å²) < 4.78 is 45.5. The summed E-state index contributed by atoms with van der Waals surface area (Å²) in [6, 6.07) is 11.3. The Morgan fingerprint density at radius 2 is 1.88 bits per heavy atom. The molecule has 2 N–H and O–H groups in total. The first kappa shape index (κ1) is 20.6. The molecule has 0 bridgehead atoms. The van der Waals surface area contributed by atoms with Crippen molar-refractivity contribution in [2.24, 2.45) is 0 Å². The molecule has 5 nitrogen and oxygen atoms in total. The van der Waals surface area contributed by atoms with E-state index in [0.29, 0.717) is 17.2 Å². The van der Waals surface area contributed by atoms with E-state index in [9.17, 15) is 12.8 Å². The maximum Gasteiger partial charge on any atom is 0.233 e. The third-order valence-electron chi connectivity index (χ3n) is 3.81. The van der Waals surface area contributed by atoms with Gasteiger partial charge >= 0.3 is 0 Å². The molecule has 0 aliphatic carbocycles. The van der Waals surface area contributed by atoms with Crippen molar-refractivity contribution < 1.29 is 17.5 Å². The van der Waals surface area contributed by atoms with E-state index in [0.717, 1.165) is 5.56 Å². The molecule has 0 heterocycles. The number of benzene rings is 2. The third kappa shape index (κ3) is 6.25. The van der Waals surface area contributed by atoms with E-state index in [1.54, 1.807) is 26.2 Å². The van der Waals surface area contributed by atoms with Crippen LogP contribution in [0.2, 0.25) is 5.02 Å². The van der Waals surface area contributed by atoms with Gasteiger partial charge in [-0.1, -0.05) is 29.8 Å². The minimum atomic E-state index is -3.60. The summed E-state index contributed by atoms with van der Waals surface area (Å²) in [4.78, 5) is 0. The molecule has 0 amide bonds. The Bertz CT molecular complexity index is 829. The lowest BCUT2D eigenvalue weighted by Crippen LogP contribution is -2.31. The van der Waals surface area contributed by atoms with Crippen LogP contribution in [-0.4, -0.2) is 34.4 Å². The number of hydrogen-bond donors (Lipinski definition) is 2. The summed E-state index contributed by atoms with van der Waals surface area (Å²) in [6.07, 6.45) is 0. The average molecular weight is 401 g/mol. The first-order valence-corrected chi connectivity index (χ1v) is 10.1. The van der Waals surface area contributed by atoms with Crippen LogP contribution in [0.3, 0.4) is 0 Å². The normalized spacial score (nSPS) is 12.8. The zero-order chi connectivity index (χ0) is 19.2. The summed E-state index contributed by atoms with van der Waals surface area (Å²) in [7, 11) is -2.03. The molecule has 0 aromatic heterocycles. The molecule has 8 heteroatoms. The molecule has 0 saturated carbocycles. The molecule has 2 aromatic carbocycles. The second-order valence-electron chi connectivity index (χ2n) is 5.90. The lowest BCUT2D eigenvalue weighted by atomic mass is 10.1. The zero-order valence-corrected chi connectivity index (χ0v) is 16.2. The minimum absolute atomic E-state index is 0.156. The summed E-state index contributed by atoms with van der Waals surface area (Å²) in [5.74, 6) is -0.609. The summed E-state index contributed by atoms with van der Waals surface area (Å²) >= 11 is 5.89. The standard InChI is InChI=1S/C18H22ClFN2O3S/c1-13-3-8-16(11-17(13)20)22-26(23,24)10-9-21-18(12-25-2)14-4-6-15(19)7-5-14/h3-8,11,18,21-22H,9-10,12H2,1-2H3. The minimum Gasteiger partial charge on any atom is -0.383 e. The molecule has 1 atom stereocenters. The Labute approximate surface area is 158 Å². The molecular weight excluding hydrogens is 379 g/mol. The quantitative estimate of drug-likeness (QED) is 0.676. The van der Waals surface area contributed by atoms with Crippen molar-refractivity contribution in [3.63, 3.8) is 0 Å². The van der Waals surface area contributed by atoms with Crippen LogP contribution >= 0.6 is 11.6 Å². The van der Waals surface area contributed by atoms with Crippen molar-refractivity contribution in [1.29, 1.82) is 0 Å². The van der Waals surface area contributed by atoms with Crippen molar-refractivity contribution in [2.45, 2.75) is 13.0 Å². The van der Waals surface area contributed by atoms with Gasteiger partial charge in [-0.3, -0.25) is 4.72 Å². The van der Waals surface area contributed by atoms with Gasteiger partial charge in [0.2, 0.25) is 10.0 Å². The Morgan fingerprint density at radius 1 is 1.19 bits per heavy atom. The summed E-state index contributed by atoms with van der Waals surface area (Å²) in [5.41, 5.74) is 1.61.